The fourth-order valence-corrected chi connectivity index (χ4v) is 2.26. The van der Waals surface area contributed by atoms with Crippen LogP contribution >= 0.6 is 0 Å². The summed E-state index contributed by atoms with van der Waals surface area (Å²) in [7, 11) is 0. The standard InChI is InChI=1S/C14H16N4O2/c19-9-11(6-12-2-1-5-20-12)8-18-4-3-16-14(18)13-7-15-10-17-13/h1-5,7,10-11,19H,6,8-9H2,(H,15,17)/t11-/m1/s1. The summed E-state index contributed by atoms with van der Waals surface area (Å²) in [4.78, 5) is 11.4. The first kappa shape index (κ1) is 12.7. The summed E-state index contributed by atoms with van der Waals surface area (Å²) in [6.07, 6.45) is 9.36. The van der Waals surface area contributed by atoms with Crippen molar-refractivity contribution in [2.75, 3.05) is 6.61 Å². The van der Waals surface area contributed by atoms with Crippen LogP contribution in [0.3, 0.4) is 0 Å². The molecule has 0 aliphatic carbocycles. The molecule has 0 aromatic carbocycles. The Morgan fingerprint density at radius 1 is 1.45 bits per heavy atom. The van der Waals surface area contributed by atoms with Gasteiger partial charge in [0, 0.05) is 37.9 Å². The molecule has 104 valence electrons. The average molecular weight is 272 g/mol. The molecule has 6 nitrogen and oxygen atoms in total. The van der Waals surface area contributed by atoms with E-state index in [-0.39, 0.29) is 12.5 Å². The second-order valence-corrected chi connectivity index (χ2v) is 4.70. The Labute approximate surface area is 116 Å². The normalized spacial score (nSPS) is 12.7. The molecule has 0 bridgehead atoms. The highest BCUT2D eigenvalue weighted by molar-refractivity contribution is 5.47. The van der Waals surface area contributed by atoms with Gasteiger partial charge in [0.15, 0.2) is 5.82 Å². The molecular weight excluding hydrogens is 256 g/mol. The maximum Gasteiger partial charge on any atom is 0.158 e. The molecule has 0 radical (unpaired) electrons. The van der Waals surface area contributed by atoms with Gasteiger partial charge in [-0.25, -0.2) is 9.97 Å². The first-order valence-electron chi connectivity index (χ1n) is 6.50. The lowest BCUT2D eigenvalue weighted by Crippen LogP contribution is -2.17. The topological polar surface area (TPSA) is 79.9 Å². The van der Waals surface area contributed by atoms with Crippen molar-refractivity contribution in [1.29, 1.82) is 0 Å². The van der Waals surface area contributed by atoms with Crippen LogP contribution < -0.4 is 0 Å². The quantitative estimate of drug-likeness (QED) is 0.716. The molecule has 0 aliphatic heterocycles. The number of rotatable bonds is 6. The summed E-state index contributed by atoms with van der Waals surface area (Å²) in [5.41, 5.74) is 0.865. The van der Waals surface area contributed by atoms with Gasteiger partial charge in [-0.05, 0) is 12.1 Å². The molecule has 0 aliphatic rings. The van der Waals surface area contributed by atoms with Crippen LogP contribution in [0.5, 0.6) is 0 Å². The van der Waals surface area contributed by atoms with E-state index in [1.807, 2.05) is 22.9 Å². The van der Waals surface area contributed by atoms with Crippen molar-refractivity contribution in [3.63, 3.8) is 0 Å². The first-order valence-corrected chi connectivity index (χ1v) is 6.50. The third kappa shape index (κ3) is 2.65. The summed E-state index contributed by atoms with van der Waals surface area (Å²) >= 11 is 0. The van der Waals surface area contributed by atoms with Crippen LogP contribution in [0.25, 0.3) is 11.5 Å². The van der Waals surface area contributed by atoms with Crippen molar-refractivity contribution in [1.82, 2.24) is 19.5 Å². The zero-order valence-corrected chi connectivity index (χ0v) is 10.9. The number of aliphatic hydroxyl groups is 1. The Morgan fingerprint density at radius 2 is 2.40 bits per heavy atom. The molecule has 1 atom stereocenters. The van der Waals surface area contributed by atoms with Crippen molar-refractivity contribution >= 4 is 0 Å². The Kier molecular flexibility index (Phi) is 3.64. The second-order valence-electron chi connectivity index (χ2n) is 4.70. The number of H-pyrrole nitrogens is 1. The number of nitrogens with zero attached hydrogens (tertiary/aromatic N) is 3. The van der Waals surface area contributed by atoms with E-state index in [9.17, 15) is 5.11 Å². The van der Waals surface area contributed by atoms with Crippen molar-refractivity contribution < 1.29 is 9.52 Å². The van der Waals surface area contributed by atoms with Crippen LogP contribution in [0.15, 0.2) is 47.7 Å². The number of aromatic nitrogens is 4. The van der Waals surface area contributed by atoms with Crippen molar-refractivity contribution in [3.05, 3.63) is 49.1 Å². The van der Waals surface area contributed by atoms with E-state index in [0.717, 1.165) is 17.3 Å². The molecule has 3 aromatic heterocycles. The summed E-state index contributed by atoms with van der Waals surface area (Å²) in [5.74, 6) is 1.78. The van der Waals surface area contributed by atoms with Crippen molar-refractivity contribution in [2.45, 2.75) is 13.0 Å². The molecule has 0 saturated carbocycles. The van der Waals surface area contributed by atoms with E-state index >= 15 is 0 Å². The number of aromatic amines is 1. The summed E-state index contributed by atoms with van der Waals surface area (Å²) in [6.45, 7) is 0.771. The van der Waals surface area contributed by atoms with Gasteiger partial charge in [-0.2, -0.15) is 0 Å². The molecule has 3 heterocycles. The molecule has 0 saturated heterocycles. The third-order valence-electron chi connectivity index (χ3n) is 3.24. The van der Waals surface area contributed by atoms with Gasteiger partial charge < -0.3 is 19.1 Å². The Bertz CT molecular complexity index is 628. The third-order valence-corrected chi connectivity index (χ3v) is 3.24. The lowest BCUT2D eigenvalue weighted by Gasteiger charge is -2.15. The van der Waals surface area contributed by atoms with Gasteiger partial charge in [-0.15, -0.1) is 0 Å². The zero-order valence-electron chi connectivity index (χ0n) is 10.9. The van der Waals surface area contributed by atoms with Crippen molar-refractivity contribution in [3.8, 4) is 11.5 Å². The van der Waals surface area contributed by atoms with E-state index in [4.69, 9.17) is 4.42 Å². The minimum absolute atomic E-state index is 0.0806. The van der Waals surface area contributed by atoms with Crippen LogP contribution in [0.2, 0.25) is 0 Å². The molecule has 6 heteroatoms. The van der Waals surface area contributed by atoms with Crippen LogP contribution in [-0.4, -0.2) is 31.2 Å². The highest BCUT2D eigenvalue weighted by atomic mass is 16.3. The fourth-order valence-electron chi connectivity index (χ4n) is 2.26. The highest BCUT2D eigenvalue weighted by Crippen LogP contribution is 2.17. The lowest BCUT2D eigenvalue weighted by atomic mass is 10.0. The molecule has 3 aromatic rings. The van der Waals surface area contributed by atoms with E-state index in [1.54, 1.807) is 25.0 Å². The monoisotopic (exact) mass is 272 g/mol. The molecule has 20 heavy (non-hydrogen) atoms. The molecule has 0 amide bonds. The maximum atomic E-state index is 9.55. The smallest absolute Gasteiger partial charge is 0.158 e. The average Bonchev–Trinajstić information content (AvgIpc) is 3.20. The zero-order chi connectivity index (χ0) is 13.8. The molecule has 2 N–H and O–H groups in total. The minimum Gasteiger partial charge on any atom is -0.469 e. The van der Waals surface area contributed by atoms with E-state index in [0.29, 0.717) is 13.0 Å². The van der Waals surface area contributed by atoms with Crippen molar-refractivity contribution in [2.24, 2.45) is 5.92 Å². The van der Waals surface area contributed by atoms with Gasteiger partial charge in [0.2, 0.25) is 0 Å². The fraction of sp³-hybridized carbons (Fsp3) is 0.286. The molecule has 0 fully saturated rings. The van der Waals surface area contributed by atoms with E-state index < -0.39 is 0 Å². The van der Waals surface area contributed by atoms with E-state index in [1.165, 1.54) is 0 Å². The van der Waals surface area contributed by atoms with Gasteiger partial charge in [0.1, 0.15) is 11.5 Å². The predicted octanol–water partition coefficient (Wildman–Crippen LogP) is 1.72. The largest absolute Gasteiger partial charge is 0.469 e. The molecule has 0 unspecified atom stereocenters. The lowest BCUT2D eigenvalue weighted by molar-refractivity contribution is 0.204. The van der Waals surface area contributed by atoms with Crippen LogP contribution in [0.1, 0.15) is 5.76 Å². The molecular formula is C14H16N4O2. The maximum absolute atomic E-state index is 9.55. The Morgan fingerprint density at radius 3 is 3.10 bits per heavy atom. The summed E-state index contributed by atoms with van der Waals surface area (Å²) in [6, 6.07) is 3.78. The van der Waals surface area contributed by atoms with Gasteiger partial charge >= 0.3 is 0 Å². The minimum atomic E-state index is 0.0806. The molecule has 3 rings (SSSR count). The number of hydrogen-bond acceptors (Lipinski definition) is 4. The number of nitrogens with one attached hydrogen (secondary N) is 1. The Hall–Kier alpha value is -2.34. The van der Waals surface area contributed by atoms with Gasteiger partial charge in [0.25, 0.3) is 0 Å². The van der Waals surface area contributed by atoms with Gasteiger partial charge in [0.05, 0.1) is 18.8 Å². The number of imidazole rings is 2. The van der Waals surface area contributed by atoms with Crippen LogP contribution in [0.4, 0.5) is 0 Å². The van der Waals surface area contributed by atoms with Crippen LogP contribution in [0, 0.1) is 5.92 Å². The van der Waals surface area contributed by atoms with Gasteiger partial charge in [-0.3, -0.25) is 0 Å². The number of aliphatic hydroxyl groups excluding tert-OH is 1. The van der Waals surface area contributed by atoms with E-state index in [2.05, 4.69) is 15.0 Å². The highest BCUT2D eigenvalue weighted by Gasteiger charge is 2.14. The molecule has 0 spiro atoms. The Balaban J connectivity index is 1.75. The van der Waals surface area contributed by atoms with Crippen LogP contribution in [-0.2, 0) is 13.0 Å². The summed E-state index contributed by atoms with van der Waals surface area (Å²) < 4.78 is 7.35. The summed E-state index contributed by atoms with van der Waals surface area (Å²) in [5, 5.41) is 9.55. The first-order chi connectivity index (χ1) is 9.86. The number of furan rings is 1. The SMILES string of the molecule is OC[C@H](Cc1ccco1)Cn1ccnc1-c1cnc[nH]1. The predicted molar refractivity (Wildman–Crippen MR) is 72.8 cm³/mol. The van der Waals surface area contributed by atoms with Gasteiger partial charge in [-0.1, -0.05) is 0 Å². The number of hydrogen-bond donors (Lipinski definition) is 2. The second kappa shape index (κ2) is 5.75.